The maximum Gasteiger partial charge on any atom is -0.147 e. The van der Waals surface area contributed by atoms with Crippen LogP contribution in [0.2, 0.25) is 0 Å². The largest absolute Gasteiger partial charge is 0.153 e. The molecule has 0 nitrogen and oxygen atoms in total. The van der Waals surface area contributed by atoms with Crippen molar-refractivity contribution in [1.29, 1.82) is 0 Å². The molecule has 0 aromatic carbocycles. The summed E-state index contributed by atoms with van der Waals surface area (Å²) in [4.78, 5) is 0. The summed E-state index contributed by atoms with van der Waals surface area (Å²) < 4.78 is 0. The molecule has 4 heteroatoms. The van der Waals surface area contributed by atoms with Gasteiger partial charge in [0.15, 0.2) is 0 Å². The molecule has 0 bridgehead atoms. The number of hydrogen-bond acceptors (Lipinski definition) is 0. The second-order valence-electron chi connectivity index (χ2n) is 0. The third-order valence-corrected chi connectivity index (χ3v) is 0. The zero-order valence-electron chi connectivity index (χ0n) is 1.93. The van der Waals surface area contributed by atoms with E-state index in [0.29, 0.717) is 0 Å². The van der Waals surface area contributed by atoms with Crippen LogP contribution in [-0.2, 0) is 0 Å². The predicted octanol–water partition coefficient (Wildman–Crippen LogP) is 1.32. The molecule has 0 amide bonds. The first kappa shape index (κ1) is 58.0. The topological polar surface area (TPSA) is 0 Å². The molecule has 0 spiro atoms. The maximum absolute atomic E-state index is 0. The molecule has 0 fully saturated rings. The lowest BCUT2D eigenvalue weighted by atomic mass is 31.0. The molecule has 0 aromatic heterocycles. The van der Waals surface area contributed by atoms with Gasteiger partial charge in [0, 0.05) is 0 Å². The zero-order chi connectivity index (χ0) is 0. The summed E-state index contributed by atoms with van der Waals surface area (Å²) in [5.41, 5.74) is 0. The Labute approximate surface area is 47.6 Å². The van der Waals surface area contributed by atoms with E-state index in [-0.39, 0.29) is 47.1 Å². The average Bonchev–Trinajstić information content (AvgIpc) is 0. The van der Waals surface area contributed by atoms with Gasteiger partial charge in [0.25, 0.3) is 0 Å². The van der Waals surface area contributed by atoms with Crippen molar-refractivity contribution in [1.82, 2.24) is 0 Å². The summed E-state index contributed by atoms with van der Waals surface area (Å²) in [6.45, 7) is 0. The van der Waals surface area contributed by atoms with E-state index in [1.54, 1.807) is 0 Å². The summed E-state index contributed by atoms with van der Waals surface area (Å²) in [6, 6.07) is 0. The molecule has 0 rings (SSSR count). The Bertz CT molecular complexity index is 3.25. The van der Waals surface area contributed by atoms with Gasteiger partial charge in [0.1, 0.15) is 0 Å². The first-order chi connectivity index (χ1) is 0. The Kier molecular flexibility index (Phi) is 402. The Morgan fingerprint density at radius 1 is 0.500 bits per heavy atom. The van der Waals surface area contributed by atoms with Crippen molar-refractivity contribution in [3.05, 3.63) is 0 Å². The van der Waals surface area contributed by atoms with Crippen LogP contribution in [0.25, 0.3) is 0 Å². The first-order valence-corrected chi connectivity index (χ1v) is 0. The smallest absolute Gasteiger partial charge is 0.147 e. The van der Waals surface area contributed by atoms with Crippen molar-refractivity contribution in [2.75, 3.05) is 0 Å². The van der Waals surface area contributed by atoms with E-state index in [1.165, 1.54) is 0 Å². The molecule has 0 aliphatic carbocycles. The molecule has 0 aliphatic heterocycles. The molecule has 0 saturated heterocycles. The lowest BCUT2D eigenvalue weighted by Gasteiger charge is -0.154. The van der Waals surface area contributed by atoms with Crippen LogP contribution in [-0.4, -0.2) is 0 Å². The quantitative estimate of drug-likeness (QED) is 0.449. The number of hydrogen-bond donors (Lipinski definition) is 0. The van der Waals surface area contributed by atoms with Crippen LogP contribution in [0.5, 0.6) is 0 Å². The van der Waals surface area contributed by atoms with Crippen LogP contribution in [0, 0.1) is 0 Å². The van der Waals surface area contributed by atoms with Crippen LogP contribution in [0.15, 0.2) is 0 Å². The Morgan fingerprint density at radius 2 is 0.500 bits per heavy atom. The van der Waals surface area contributed by atoms with E-state index < -0.39 is 0 Å². The van der Waals surface area contributed by atoms with Gasteiger partial charge in [-0.3, -0.25) is 0 Å². The minimum Gasteiger partial charge on any atom is -0.153 e. The second kappa shape index (κ2) is 27.7. The van der Waals surface area contributed by atoms with Crippen molar-refractivity contribution >= 4 is 47.1 Å². The molecule has 0 aromatic rings. The van der Waals surface area contributed by atoms with Crippen molar-refractivity contribution in [2.45, 2.75) is 0 Å². The van der Waals surface area contributed by atoms with Crippen LogP contribution in [0.3, 0.4) is 0 Å². The lowest BCUT2D eigenvalue weighted by molar-refractivity contribution is 5.85. The SMILES string of the molecule is Cl.Cl.Cl.P. The predicted molar refractivity (Wildman–Crippen MR) is 32.8 cm³/mol. The number of rotatable bonds is 0. The highest BCUT2D eigenvalue weighted by atomic mass is 35.5. The minimum absolute atomic E-state index is 0. The molecular formula is H6Cl3P. The van der Waals surface area contributed by atoms with Gasteiger partial charge in [-0.1, -0.05) is 0 Å². The monoisotopic (exact) mass is 142 g/mol. The highest BCUT2D eigenvalue weighted by Crippen LogP contribution is 0.861. The highest BCUT2D eigenvalue weighted by Gasteiger charge is -0.144. The fourth-order valence-electron chi connectivity index (χ4n) is 0. The molecule has 1 unspecified atom stereocenters. The van der Waals surface area contributed by atoms with Gasteiger partial charge in [-0.2, -0.15) is 9.90 Å². The summed E-state index contributed by atoms with van der Waals surface area (Å²) in [7, 11) is 0. The molecule has 1 atom stereocenters. The second-order valence-corrected chi connectivity index (χ2v) is 0. The van der Waals surface area contributed by atoms with Gasteiger partial charge >= 0.3 is 0 Å². The molecule has 0 saturated carbocycles. The summed E-state index contributed by atoms with van der Waals surface area (Å²) in [5, 5.41) is 0. The Morgan fingerprint density at radius 3 is 0.500 bits per heavy atom. The normalized spacial score (nSPS) is 0. The van der Waals surface area contributed by atoms with E-state index in [2.05, 4.69) is 0 Å². The fraction of sp³-hybridized carbons (Fsp3) is 0. The van der Waals surface area contributed by atoms with Crippen LogP contribution in [0.4, 0.5) is 0 Å². The van der Waals surface area contributed by atoms with Crippen molar-refractivity contribution in [3.63, 3.8) is 0 Å². The lowest BCUT2D eigenvalue weighted by Crippen LogP contribution is 0.689. The summed E-state index contributed by atoms with van der Waals surface area (Å²) in [6.07, 6.45) is 0. The van der Waals surface area contributed by atoms with E-state index in [1.807, 2.05) is 0 Å². The van der Waals surface area contributed by atoms with E-state index in [4.69, 9.17) is 0 Å². The number of halogens is 3. The van der Waals surface area contributed by atoms with E-state index in [0.717, 1.165) is 0 Å². The third-order valence-electron chi connectivity index (χ3n) is 0. The van der Waals surface area contributed by atoms with Crippen LogP contribution < -0.4 is 0 Å². The minimum atomic E-state index is 0. The third kappa shape index (κ3) is 10.3. The van der Waals surface area contributed by atoms with Gasteiger partial charge in [0.05, 0.1) is 0 Å². The van der Waals surface area contributed by atoms with E-state index in [9.17, 15) is 0 Å². The molecule has 32 valence electrons. The van der Waals surface area contributed by atoms with E-state index >= 15 is 0 Å². The summed E-state index contributed by atoms with van der Waals surface area (Å²) >= 11 is 0. The Hall–Kier alpha value is 1.30. The van der Waals surface area contributed by atoms with Gasteiger partial charge in [-0.05, 0) is 0 Å². The standard InChI is InChI=1S/3ClH.H3P/h3*1H;1H3. The van der Waals surface area contributed by atoms with Gasteiger partial charge in [0.2, 0.25) is 0 Å². The van der Waals surface area contributed by atoms with Gasteiger partial charge < -0.3 is 0 Å². The molecular weight excluding hydrogens is 137 g/mol. The molecule has 0 radical (unpaired) electrons. The zero-order valence-corrected chi connectivity index (χ0v) is 5.80. The molecule has 4 heavy (non-hydrogen) atoms. The molecule has 0 N–H and O–H groups in total. The van der Waals surface area contributed by atoms with Crippen molar-refractivity contribution in [2.24, 2.45) is 0 Å². The van der Waals surface area contributed by atoms with Crippen LogP contribution >= 0.6 is 47.1 Å². The average molecular weight is 143 g/mol. The van der Waals surface area contributed by atoms with Crippen molar-refractivity contribution < 1.29 is 0 Å². The Balaban J connectivity index is 0. The molecule has 0 aliphatic rings. The molecule has 0 heterocycles. The van der Waals surface area contributed by atoms with Crippen molar-refractivity contribution in [3.8, 4) is 0 Å². The summed E-state index contributed by atoms with van der Waals surface area (Å²) in [5.74, 6) is 0. The van der Waals surface area contributed by atoms with Crippen LogP contribution in [0.1, 0.15) is 0 Å². The maximum atomic E-state index is 0. The fourth-order valence-corrected chi connectivity index (χ4v) is 0. The van der Waals surface area contributed by atoms with Gasteiger partial charge in [-0.25, -0.2) is 0 Å². The first-order valence-electron chi connectivity index (χ1n) is 0. The van der Waals surface area contributed by atoms with Gasteiger partial charge in [-0.15, -0.1) is 37.2 Å². The highest BCUT2D eigenvalue weighted by molar-refractivity contribution is 6.92.